The normalized spacial score (nSPS) is 11.0. The molecule has 2 N–H and O–H groups in total. The van der Waals surface area contributed by atoms with Gasteiger partial charge in [-0.3, -0.25) is 9.79 Å². The van der Waals surface area contributed by atoms with Gasteiger partial charge in [-0.05, 0) is 48.2 Å². The van der Waals surface area contributed by atoms with Crippen molar-refractivity contribution in [3.05, 3.63) is 71.0 Å². The number of nitrogens with one attached hydrogen (secondary N) is 2. The molecule has 1 amide bonds. The van der Waals surface area contributed by atoms with E-state index in [4.69, 9.17) is 4.52 Å². The monoisotopic (exact) mass is 576 g/mol. The molecule has 3 rings (SSSR count). The fourth-order valence-corrected chi connectivity index (χ4v) is 3.36. The fraction of sp³-hybridized carbons (Fsp3) is 0.360. The summed E-state index contributed by atoms with van der Waals surface area (Å²) < 4.78 is 5.39. The molecule has 0 saturated heterocycles. The van der Waals surface area contributed by atoms with Crippen molar-refractivity contribution in [2.75, 3.05) is 27.7 Å². The predicted octanol–water partition coefficient (Wildman–Crippen LogP) is 3.92. The summed E-state index contributed by atoms with van der Waals surface area (Å²) in [5, 5.41) is 10.7. The Labute approximate surface area is 218 Å². The van der Waals surface area contributed by atoms with E-state index >= 15 is 0 Å². The molecule has 8 nitrogen and oxygen atoms in total. The molecule has 0 saturated carbocycles. The van der Waals surface area contributed by atoms with Crippen LogP contribution in [-0.2, 0) is 19.4 Å². The number of nitrogens with zero attached hydrogens (tertiary/aromatic N) is 4. The number of carbonyl (C=O) groups is 1. The Bertz CT molecular complexity index is 1100. The number of aryl methyl sites for hydroxylation is 1. The number of hydrogen-bond donors (Lipinski definition) is 2. The molecule has 3 aromatic rings. The van der Waals surface area contributed by atoms with Gasteiger partial charge in [-0.1, -0.05) is 36.3 Å². The summed E-state index contributed by atoms with van der Waals surface area (Å²) in [6, 6.07) is 15.8. The maximum absolute atomic E-state index is 12.2. The van der Waals surface area contributed by atoms with E-state index in [1.165, 1.54) is 0 Å². The van der Waals surface area contributed by atoms with E-state index in [1.807, 2.05) is 48.5 Å². The number of aromatic nitrogens is 2. The van der Waals surface area contributed by atoms with E-state index in [2.05, 4.69) is 32.7 Å². The molecule has 182 valence electrons. The van der Waals surface area contributed by atoms with Crippen molar-refractivity contribution < 1.29 is 9.32 Å². The van der Waals surface area contributed by atoms with Gasteiger partial charge in [-0.25, -0.2) is 0 Å². The summed E-state index contributed by atoms with van der Waals surface area (Å²) in [6.07, 6.45) is 2.57. The van der Waals surface area contributed by atoms with Crippen LogP contribution in [-0.4, -0.2) is 54.6 Å². The van der Waals surface area contributed by atoms with Gasteiger partial charge in [0.05, 0.1) is 0 Å². The molecule has 9 heteroatoms. The molecule has 0 aliphatic heterocycles. The minimum atomic E-state index is 0. The first kappa shape index (κ1) is 27.3. The van der Waals surface area contributed by atoms with Gasteiger partial charge in [0.15, 0.2) is 11.8 Å². The lowest BCUT2D eigenvalue weighted by Crippen LogP contribution is -2.37. The summed E-state index contributed by atoms with van der Waals surface area (Å²) in [7, 11) is 5.26. The van der Waals surface area contributed by atoms with Gasteiger partial charge >= 0.3 is 0 Å². The summed E-state index contributed by atoms with van der Waals surface area (Å²) in [5.74, 6) is 1.99. The SMILES string of the molecule is CCCc1noc(-c2cccc(CNC(=NC)NCCc3cccc(C(=O)N(C)C)c3)c2)n1.I. The van der Waals surface area contributed by atoms with Gasteiger partial charge < -0.3 is 20.1 Å². The fourth-order valence-electron chi connectivity index (χ4n) is 3.36. The second kappa shape index (κ2) is 13.7. The lowest BCUT2D eigenvalue weighted by atomic mass is 10.1. The van der Waals surface area contributed by atoms with Crippen molar-refractivity contribution in [2.24, 2.45) is 4.99 Å². The average molecular weight is 576 g/mol. The highest BCUT2D eigenvalue weighted by molar-refractivity contribution is 14.0. The average Bonchev–Trinajstić information content (AvgIpc) is 3.30. The molecule has 0 radical (unpaired) electrons. The van der Waals surface area contributed by atoms with E-state index in [0.717, 1.165) is 41.8 Å². The van der Waals surface area contributed by atoms with Crippen molar-refractivity contribution in [1.29, 1.82) is 0 Å². The second-order valence-corrected chi connectivity index (χ2v) is 7.97. The number of carbonyl (C=O) groups excluding carboxylic acids is 1. The Morgan fingerprint density at radius 1 is 1.06 bits per heavy atom. The van der Waals surface area contributed by atoms with Crippen molar-refractivity contribution in [3.63, 3.8) is 0 Å². The molecule has 0 bridgehead atoms. The first-order chi connectivity index (χ1) is 16.0. The summed E-state index contributed by atoms with van der Waals surface area (Å²) in [6.45, 7) is 3.39. The van der Waals surface area contributed by atoms with Crippen LogP contribution in [0.15, 0.2) is 58.0 Å². The number of rotatable bonds is 9. The summed E-state index contributed by atoms with van der Waals surface area (Å²) >= 11 is 0. The smallest absolute Gasteiger partial charge is 0.257 e. The molecule has 0 aliphatic carbocycles. The third kappa shape index (κ3) is 7.82. The molecule has 0 spiro atoms. The maximum Gasteiger partial charge on any atom is 0.257 e. The van der Waals surface area contributed by atoms with Gasteiger partial charge in [0, 0.05) is 51.8 Å². The summed E-state index contributed by atoms with van der Waals surface area (Å²) in [5.41, 5.74) is 3.78. The van der Waals surface area contributed by atoms with E-state index in [-0.39, 0.29) is 29.9 Å². The number of aliphatic imine (C=N–C) groups is 1. The Kier molecular flexibility index (Phi) is 11.0. The lowest BCUT2D eigenvalue weighted by Gasteiger charge is -2.13. The quantitative estimate of drug-likeness (QED) is 0.228. The first-order valence-electron chi connectivity index (χ1n) is 11.2. The van der Waals surface area contributed by atoms with E-state index < -0.39 is 0 Å². The Hall–Kier alpha value is -2.95. The topological polar surface area (TPSA) is 95.7 Å². The zero-order valence-electron chi connectivity index (χ0n) is 20.2. The predicted molar refractivity (Wildman–Crippen MR) is 146 cm³/mol. The van der Waals surface area contributed by atoms with Gasteiger partial charge in [-0.15, -0.1) is 24.0 Å². The van der Waals surface area contributed by atoms with E-state index in [0.29, 0.717) is 30.5 Å². The Morgan fingerprint density at radius 3 is 2.56 bits per heavy atom. The molecule has 34 heavy (non-hydrogen) atoms. The van der Waals surface area contributed by atoms with Gasteiger partial charge in [0.2, 0.25) is 0 Å². The minimum absolute atomic E-state index is 0. The van der Waals surface area contributed by atoms with Gasteiger partial charge in [0.1, 0.15) is 0 Å². The second-order valence-electron chi connectivity index (χ2n) is 7.97. The highest BCUT2D eigenvalue weighted by atomic mass is 127. The number of hydrogen-bond acceptors (Lipinski definition) is 5. The standard InChI is InChI=1S/C25H32N6O2.HI/c1-5-8-22-29-23(33-30-22)20-11-7-10-19(16-20)17-28-25(26-2)27-14-13-18-9-6-12-21(15-18)24(32)31(3)4;/h6-7,9-12,15-16H,5,8,13-14,17H2,1-4H3,(H2,26,27,28);1H. The van der Waals surface area contributed by atoms with Gasteiger partial charge in [0.25, 0.3) is 11.8 Å². The zero-order chi connectivity index (χ0) is 23.6. The van der Waals surface area contributed by atoms with Crippen LogP contribution in [0, 0.1) is 0 Å². The van der Waals surface area contributed by atoms with Crippen LogP contribution >= 0.6 is 24.0 Å². The van der Waals surface area contributed by atoms with E-state index in [1.54, 1.807) is 26.0 Å². The molecule has 0 fully saturated rings. The van der Waals surface area contributed by atoms with Gasteiger partial charge in [-0.2, -0.15) is 4.98 Å². The number of guanidine groups is 1. The third-order valence-corrected chi connectivity index (χ3v) is 5.09. The molecular formula is C25H33IN6O2. The van der Waals surface area contributed by atoms with E-state index in [9.17, 15) is 4.79 Å². The Morgan fingerprint density at radius 2 is 1.82 bits per heavy atom. The van der Waals surface area contributed by atoms with Crippen LogP contribution < -0.4 is 10.6 Å². The van der Waals surface area contributed by atoms with Crippen LogP contribution in [0.4, 0.5) is 0 Å². The molecule has 0 aliphatic rings. The maximum atomic E-state index is 12.2. The highest BCUT2D eigenvalue weighted by Gasteiger charge is 2.10. The first-order valence-corrected chi connectivity index (χ1v) is 11.2. The largest absolute Gasteiger partial charge is 0.356 e. The molecule has 2 aromatic carbocycles. The number of benzene rings is 2. The molecule has 1 aromatic heterocycles. The van der Waals surface area contributed by atoms with Crippen LogP contribution in [0.1, 0.15) is 40.7 Å². The van der Waals surface area contributed by atoms with Crippen molar-refractivity contribution in [1.82, 2.24) is 25.7 Å². The number of amides is 1. The highest BCUT2D eigenvalue weighted by Crippen LogP contribution is 2.19. The van der Waals surface area contributed by atoms with Crippen molar-refractivity contribution in [2.45, 2.75) is 32.7 Å². The molecule has 0 atom stereocenters. The van der Waals surface area contributed by atoms with Crippen LogP contribution in [0.3, 0.4) is 0 Å². The number of halogens is 1. The van der Waals surface area contributed by atoms with Crippen molar-refractivity contribution in [3.8, 4) is 11.5 Å². The summed E-state index contributed by atoms with van der Waals surface area (Å²) in [4.78, 5) is 22.5. The molecule has 1 heterocycles. The van der Waals surface area contributed by atoms with Crippen LogP contribution in [0.5, 0.6) is 0 Å². The van der Waals surface area contributed by atoms with Crippen LogP contribution in [0.25, 0.3) is 11.5 Å². The third-order valence-electron chi connectivity index (χ3n) is 5.09. The molecule has 0 unspecified atom stereocenters. The minimum Gasteiger partial charge on any atom is -0.356 e. The zero-order valence-corrected chi connectivity index (χ0v) is 22.5. The van der Waals surface area contributed by atoms with Crippen molar-refractivity contribution >= 4 is 35.8 Å². The van der Waals surface area contributed by atoms with Crippen LogP contribution in [0.2, 0.25) is 0 Å². The molecular weight excluding hydrogens is 543 g/mol. The lowest BCUT2D eigenvalue weighted by molar-refractivity contribution is 0.0827. The Balaban J connectivity index is 0.00000408.